The van der Waals surface area contributed by atoms with Crippen molar-refractivity contribution in [3.8, 4) is 0 Å². The van der Waals surface area contributed by atoms with Crippen molar-refractivity contribution in [2.24, 2.45) is 5.92 Å². The van der Waals surface area contributed by atoms with Crippen LogP contribution in [-0.2, 0) is 9.53 Å². The van der Waals surface area contributed by atoms with Crippen LogP contribution >= 0.6 is 0 Å². The Morgan fingerprint density at radius 2 is 1.94 bits per heavy atom. The number of esters is 1. The van der Waals surface area contributed by atoms with E-state index in [1.807, 2.05) is 0 Å². The van der Waals surface area contributed by atoms with Crippen molar-refractivity contribution in [2.45, 2.75) is 64.5 Å². The molecule has 0 amide bonds. The van der Waals surface area contributed by atoms with Gasteiger partial charge >= 0.3 is 5.97 Å². The van der Waals surface area contributed by atoms with Crippen LogP contribution in [0.2, 0.25) is 0 Å². The summed E-state index contributed by atoms with van der Waals surface area (Å²) in [6, 6.07) is 0.726. The van der Waals surface area contributed by atoms with Gasteiger partial charge in [-0.2, -0.15) is 0 Å². The third kappa shape index (κ3) is 4.52. The van der Waals surface area contributed by atoms with Crippen LogP contribution in [0, 0.1) is 5.92 Å². The Morgan fingerprint density at radius 1 is 1.31 bits per heavy atom. The monoisotopic (exact) mass is 227 g/mol. The lowest BCUT2D eigenvalue weighted by Crippen LogP contribution is -2.41. The second-order valence-electron chi connectivity index (χ2n) is 5.03. The zero-order chi connectivity index (χ0) is 12.0. The third-order valence-corrected chi connectivity index (χ3v) is 3.60. The molecule has 1 aliphatic carbocycles. The molecule has 0 aromatic heterocycles. The van der Waals surface area contributed by atoms with Gasteiger partial charge in [-0.25, -0.2) is 0 Å². The molecule has 1 N–H and O–H groups in total. The topological polar surface area (TPSA) is 38.3 Å². The number of nitrogens with one attached hydrogen (secondary N) is 1. The molecule has 0 aromatic carbocycles. The third-order valence-electron chi connectivity index (χ3n) is 3.60. The average Bonchev–Trinajstić information content (AvgIpc) is 2.29. The Bertz CT molecular complexity index is 212. The second kappa shape index (κ2) is 6.89. The fraction of sp³-hybridized carbons (Fsp3) is 0.923. The summed E-state index contributed by atoms with van der Waals surface area (Å²) >= 11 is 0. The number of ether oxygens (including phenoxy) is 1. The van der Waals surface area contributed by atoms with Crippen molar-refractivity contribution in [3.63, 3.8) is 0 Å². The second-order valence-corrected chi connectivity index (χ2v) is 5.03. The molecule has 1 fully saturated rings. The van der Waals surface area contributed by atoms with Crippen LogP contribution in [0.5, 0.6) is 0 Å². The lowest BCUT2D eigenvalue weighted by atomic mass is 9.84. The zero-order valence-corrected chi connectivity index (χ0v) is 10.8. The van der Waals surface area contributed by atoms with Crippen molar-refractivity contribution in [1.82, 2.24) is 5.32 Å². The first-order valence-electron chi connectivity index (χ1n) is 6.46. The normalized spacial score (nSPS) is 21.4. The predicted octanol–water partition coefficient (Wildman–Crippen LogP) is 2.50. The molecule has 1 rings (SSSR count). The van der Waals surface area contributed by atoms with E-state index in [0.717, 1.165) is 5.92 Å². The largest absolute Gasteiger partial charge is 0.469 e. The lowest BCUT2D eigenvalue weighted by Gasteiger charge is -2.30. The van der Waals surface area contributed by atoms with Crippen LogP contribution in [0.1, 0.15) is 52.4 Å². The maximum Gasteiger partial charge on any atom is 0.307 e. The molecule has 2 atom stereocenters. The molecule has 0 aliphatic heterocycles. The molecule has 94 valence electrons. The van der Waals surface area contributed by atoms with Gasteiger partial charge in [-0.1, -0.05) is 19.3 Å². The van der Waals surface area contributed by atoms with Gasteiger partial charge in [0.15, 0.2) is 0 Å². The van der Waals surface area contributed by atoms with Crippen LogP contribution in [0.25, 0.3) is 0 Å². The molecule has 0 bridgehead atoms. The van der Waals surface area contributed by atoms with Gasteiger partial charge in [0, 0.05) is 12.1 Å². The van der Waals surface area contributed by atoms with Gasteiger partial charge < -0.3 is 10.1 Å². The number of carbonyl (C=O) groups is 1. The minimum absolute atomic E-state index is 0.129. The summed E-state index contributed by atoms with van der Waals surface area (Å²) in [5.74, 6) is 0.657. The highest BCUT2D eigenvalue weighted by atomic mass is 16.5. The standard InChI is InChI=1S/C13H25NO2/c1-10(9-13(15)16-3)14-11(2)12-7-5-4-6-8-12/h10-12,14H,4-9H2,1-3H3/t10?,11-/m0/s1. The fourth-order valence-corrected chi connectivity index (χ4v) is 2.61. The van der Waals surface area contributed by atoms with Gasteiger partial charge in [-0.3, -0.25) is 4.79 Å². The maximum absolute atomic E-state index is 11.1. The van der Waals surface area contributed by atoms with E-state index in [4.69, 9.17) is 0 Å². The van der Waals surface area contributed by atoms with Gasteiger partial charge in [-0.05, 0) is 32.6 Å². The molecule has 0 aromatic rings. The van der Waals surface area contributed by atoms with Crippen molar-refractivity contribution < 1.29 is 9.53 Å². The Labute approximate surface area is 98.9 Å². The van der Waals surface area contributed by atoms with E-state index in [1.165, 1.54) is 39.2 Å². The molecular formula is C13H25NO2. The molecule has 3 heteroatoms. The smallest absolute Gasteiger partial charge is 0.307 e. The number of hydrogen-bond donors (Lipinski definition) is 1. The average molecular weight is 227 g/mol. The van der Waals surface area contributed by atoms with E-state index in [2.05, 4.69) is 23.9 Å². The number of carbonyl (C=O) groups excluding carboxylic acids is 1. The predicted molar refractivity (Wildman–Crippen MR) is 65.3 cm³/mol. The molecule has 0 saturated heterocycles. The summed E-state index contributed by atoms with van der Waals surface area (Å²) in [5.41, 5.74) is 0. The molecule has 1 saturated carbocycles. The number of methoxy groups -OCH3 is 1. The van der Waals surface area contributed by atoms with Crippen molar-refractivity contribution >= 4 is 5.97 Å². The summed E-state index contributed by atoms with van der Waals surface area (Å²) < 4.78 is 4.67. The molecular weight excluding hydrogens is 202 g/mol. The molecule has 1 unspecified atom stereocenters. The summed E-state index contributed by atoms with van der Waals surface area (Å²) in [6.45, 7) is 4.29. The summed E-state index contributed by atoms with van der Waals surface area (Å²) in [4.78, 5) is 11.1. The van der Waals surface area contributed by atoms with Crippen LogP contribution in [0.4, 0.5) is 0 Å². The van der Waals surface area contributed by atoms with E-state index in [9.17, 15) is 4.79 Å². The lowest BCUT2D eigenvalue weighted by molar-refractivity contribution is -0.141. The first-order valence-corrected chi connectivity index (χ1v) is 6.46. The van der Waals surface area contributed by atoms with Gasteiger partial charge in [0.25, 0.3) is 0 Å². The molecule has 3 nitrogen and oxygen atoms in total. The highest BCUT2D eigenvalue weighted by Crippen LogP contribution is 2.26. The van der Waals surface area contributed by atoms with E-state index in [-0.39, 0.29) is 12.0 Å². The SMILES string of the molecule is COC(=O)CC(C)N[C@@H](C)C1CCCCC1. The van der Waals surface area contributed by atoms with E-state index in [1.54, 1.807) is 0 Å². The van der Waals surface area contributed by atoms with Gasteiger partial charge in [0.2, 0.25) is 0 Å². The van der Waals surface area contributed by atoms with E-state index >= 15 is 0 Å². The zero-order valence-electron chi connectivity index (χ0n) is 10.8. The summed E-state index contributed by atoms with van der Waals surface area (Å²) in [7, 11) is 1.44. The first kappa shape index (κ1) is 13.5. The van der Waals surface area contributed by atoms with Crippen molar-refractivity contribution in [2.75, 3.05) is 7.11 Å². The highest BCUT2D eigenvalue weighted by molar-refractivity contribution is 5.69. The van der Waals surface area contributed by atoms with Crippen molar-refractivity contribution in [1.29, 1.82) is 0 Å². The highest BCUT2D eigenvalue weighted by Gasteiger charge is 2.21. The van der Waals surface area contributed by atoms with E-state index in [0.29, 0.717) is 12.5 Å². The van der Waals surface area contributed by atoms with Gasteiger partial charge in [0.05, 0.1) is 13.5 Å². The fourth-order valence-electron chi connectivity index (χ4n) is 2.61. The molecule has 0 radical (unpaired) electrons. The van der Waals surface area contributed by atoms with Gasteiger partial charge in [0.1, 0.15) is 0 Å². The van der Waals surface area contributed by atoms with E-state index < -0.39 is 0 Å². The Hall–Kier alpha value is -0.570. The molecule has 16 heavy (non-hydrogen) atoms. The quantitative estimate of drug-likeness (QED) is 0.733. The minimum Gasteiger partial charge on any atom is -0.469 e. The number of rotatable bonds is 5. The van der Waals surface area contributed by atoms with Crippen molar-refractivity contribution in [3.05, 3.63) is 0 Å². The van der Waals surface area contributed by atoms with Crippen LogP contribution in [0.3, 0.4) is 0 Å². The Morgan fingerprint density at radius 3 is 2.50 bits per heavy atom. The summed E-state index contributed by atoms with van der Waals surface area (Å²) in [6.07, 6.45) is 7.25. The van der Waals surface area contributed by atoms with Crippen LogP contribution in [0.15, 0.2) is 0 Å². The molecule has 0 spiro atoms. The Balaban J connectivity index is 2.26. The molecule has 0 heterocycles. The maximum atomic E-state index is 11.1. The molecule has 1 aliphatic rings. The first-order chi connectivity index (χ1) is 7.63. The minimum atomic E-state index is -0.129. The van der Waals surface area contributed by atoms with Crippen LogP contribution < -0.4 is 5.32 Å². The van der Waals surface area contributed by atoms with Crippen LogP contribution in [-0.4, -0.2) is 25.2 Å². The van der Waals surface area contributed by atoms with Gasteiger partial charge in [-0.15, -0.1) is 0 Å². The number of hydrogen-bond acceptors (Lipinski definition) is 3. The Kier molecular flexibility index (Phi) is 5.81. The summed E-state index contributed by atoms with van der Waals surface area (Å²) in [5, 5.41) is 3.51.